The zero-order chi connectivity index (χ0) is 22.6. The molecule has 2 aliphatic rings. The first-order valence-corrected chi connectivity index (χ1v) is 11.0. The Hall–Kier alpha value is -3.51. The molecule has 0 unspecified atom stereocenters. The second-order valence-corrected chi connectivity index (χ2v) is 8.23. The third kappa shape index (κ3) is 4.52. The fourth-order valence-electron chi connectivity index (χ4n) is 4.51. The van der Waals surface area contributed by atoms with Crippen molar-refractivity contribution in [2.45, 2.75) is 30.8 Å². The van der Waals surface area contributed by atoms with Gasteiger partial charge in [-0.05, 0) is 30.3 Å². The van der Waals surface area contributed by atoms with E-state index in [1.807, 2.05) is 54.6 Å². The van der Waals surface area contributed by atoms with E-state index in [9.17, 15) is 0 Å². The van der Waals surface area contributed by atoms with Crippen molar-refractivity contribution in [3.05, 3.63) is 71.9 Å². The Kier molecular flexibility index (Phi) is 6.17. The minimum Gasteiger partial charge on any atom is -0.496 e. The summed E-state index contributed by atoms with van der Waals surface area (Å²) in [6.45, 7) is 1.93. The van der Waals surface area contributed by atoms with Crippen molar-refractivity contribution in [3.8, 4) is 23.1 Å². The fraction of sp³-hybridized carbons (Fsp3) is 0.320. The van der Waals surface area contributed by atoms with Crippen LogP contribution in [-0.2, 0) is 16.0 Å². The summed E-state index contributed by atoms with van der Waals surface area (Å²) in [6, 6.07) is 19.7. The highest BCUT2D eigenvalue weighted by atomic mass is 16.6. The molecule has 0 aliphatic carbocycles. The molecule has 3 N–H and O–H groups in total. The van der Waals surface area contributed by atoms with Crippen LogP contribution in [0.4, 0.5) is 5.95 Å². The number of nitrogens with two attached hydrogens (primary N) is 1. The monoisotopic (exact) mass is 444 g/mol. The summed E-state index contributed by atoms with van der Waals surface area (Å²) >= 11 is 0. The molecule has 3 heterocycles. The molecular weight excluding hydrogens is 418 g/mol. The number of aromatic nitrogens is 2. The Morgan fingerprint density at radius 2 is 2.00 bits per heavy atom. The molecule has 5 rings (SSSR count). The molecule has 0 saturated carbocycles. The van der Waals surface area contributed by atoms with E-state index in [1.54, 1.807) is 13.3 Å². The van der Waals surface area contributed by atoms with Gasteiger partial charge in [0.1, 0.15) is 37.2 Å². The van der Waals surface area contributed by atoms with Gasteiger partial charge >= 0.3 is 0 Å². The number of benzene rings is 2. The molecule has 2 fully saturated rings. The molecule has 0 spiro atoms. The van der Waals surface area contributed by atoms with Crippen molar-refractivity contribution in [1.82, 2.24) is 9.97 Å². The van der Waals surface area contributed by atoms with Crippen LogP contribution in [0.25, 0.3) is 11.3 Å². The highest BCUT2D eigenvalue weighted by molar-refractivity contribution is 5.67. The average molecular weight is 445 g/mol. The van der Waals surface area contributed by atoms with Gasteiger partial charge < -0.3 is 24.8 Å². The van der Waals surface area contributed by atoms with E-state index in [2.05, 4.69) is 21.7 Å². The number of quaternary nitrogens is 1. The number of fused-ring (bicyclic) bond motifs is 1. The molecule has 2 aliphatic heterocycles. The van der Waals surface area contributed by atoms with Crippen molar-refractivity contribution in [3.63, 3.8) is 0 Å². The summed E-state index contributed by atoms with van der Waals surface area (Å²) in [6.07, 6.45) is 1.68. The van der Waals surface area contributed by atoms with Crippen LogP contribution in [0.3, 0.4) is 0 Å². The Labute approximate surface area is 192 Å². The van der Waals surface area contributed by atoms with Crippen LogP contribution in [0.2, 0.25) is 0 Å². The van der Waals surface area contributed by atoms with E-state index in [4.69, 9.17) is 24.5 Å². The summed E-state index contributed by atoms with van der Waals surface area (Å²) < 4.78 is 17.7. The van der Waals surface area contributed by atoms with Gasteiger partial charge in [0, 0.05) is 17.3 Å². The summed E-state index contributed by atoms with van der Waals surface area (Å²) in [4.78, 5) is 9.09. The number of anilines is 1. The van der Waals surface area contributed by atoms with Crippen molar-refractivity contribution >= 4 is 5.95 Å². The van der Waals surface area contributed by atoms with Gasteiger partial charge in [-0.3, -0.25) is 0 Å². The van der Waals surface area contributed by atoms with E-state index in [-0.39, 0.29) is 24.3 Å². The molecule has 8 heteroatoms. The number of methoxy groups -OCH3 is 1. The van der Waals surface area contributed by atoms with Crippen molar-refractivity contribution in [2.75, 3.05) is 25.6 Å². The Morgan fingerprint density at radius 3 is 2.88 bits per heavy atom. The number of ether oxygens (including phenoxy) is 3. The molecule has 4 atom stereocenters. The first-order chi connectivity index (χ1) is 16.2. The zero-order valence-corrected chi connectivity index (χ0v) is 18.3. The Balaban J connectivity index is 1.23. The molecule has 168 valence electrons. The van der Waals surface area contributed by atoms with Gasteiger partial charge in [-0.15, -0.1) is 0 Å². The number of hydrogen-bond donors (Lipinski definition) is 2. The highest BCUT2D eigenvalue weighted by Gasteiger charge is 2.49. The molecule has 8 nitrogen and oxygen atoms in total. The van der Waals surface area contributed by atoms with E-state index in [0.717, 1.165) is 29.1 Å². The molecular formula is C25H26N5O3+. The predicted molar refractivity (Wildman–Crippen MR) is 121 cm³/mol. The second-order valence-electron chi connectivity index (χ2n) is 8.23. The number of para-hydroxylation sites is 1. The van der Waals surface area contributed by atoms with E-state index >= 15 is 0 Å². The standard InChI is InChI=1S/C25H25N5O3/c1-31-22-8-3-2-7-18(22)19-9-10-27-25(29-19)30-21-15-33-23-20(14-32-24(21)23)28-13-17-6-4-5-16(11-17)12-26/h2-11,20-21,23-24,28H,13-15H2,1H3,(H,27,29,30)/p+1/t20-,21-,23+,24+/m0/s1. The normalized spacial score (nSPS) is 23.6. The van der Waals surface area contributed by atoms with Crippen molar-refractivity contribution in [1.29, 1.82) is 5.26 Å². The first-order valence-electron chi connectivity index (χ1n) is 11.0. The van der Waals surface area contributed by atoms with E-state index in [0.29, 0.717) is 24.7 Å². The van der Waals surface area contributed by atoms with Crippen LogP contribution >= 0.6 is 0 Å². The topological polar surface area (TPSA) is 106 Å². The SMILES string of the molecule is COc1ccccc1-c1ccnc(N[C@H]2CO[C@H]3[C@@H]2OC[C@@H]3[NH2+]Cc2cccc(C#N)c2)n1. The summed E-state index contributed by atoms with van der Waals surface area (Å²) in [5.41, 5.74) is 3.50. The lowest BCUT2D eigenvalue weighted by molar-refractivity contribution is -0.707. The third-order valence-electron chi connectivity index (χ3n) is 6.16. The lowest BCUT2D eigenvalue weighted by atomic mass is 10.1. The van der Waals surface area contributed by atoms with Crippen LogP contribution in [-0.4, -0.2) is 54.6 Å². The summed E-state index contributed by atoms with van der Waals surface area (Å²) in [7, 11) is 1.65. The van der Waals surface area contributed by atoms with Crippen LogP contribution in [0, 0.1) is 11.3 Å². The zero-order valence-electron chi connectivity index (χ0n) is 18.3. The van der Waals surface area contributed by atoms with E-state index in [1.165, 1.54) is 0 Å². The number of nitrogens with one attached hydrogen (secondary N) is 1. The van der Waals surface area contributed by atoms with Crippen LogP contribution in [0.15, 0.2) is 60.8 Å². The van der Waals surface area contributed by atoms with Crippen LogP contribution < -0.4 is 15.4 Å². The molecule has 2 aromatic carbocycles. The fourth-order valence-corrected chi connectivity index (χ4v) is 4.51. The largest absolute Gasteiger partial charge is 0.496 e. The van der Waals surface area contributed by atoms with Gasteiger partial charge in [0.15, 0.2) is 0 Å². The Morgan fingerprint density at radius 1 is 1.12 bits per heavy atom. The molecule has 0 radical (unpaired) electrons. The third-order valence-corrected chi connectivity index (χ3v) is 6.16. The number of nitriles is 1. The highest BCUT2D eigenvalue weighted by Crippen LogP contribution is 2.30. The average Bonchev–Trinajstić information content (AvgIpc) is 3.46. The van der Waals surface area contributed by atoms with Gasteiger partial charge in [-0.2, -0.15) is 5.26 Å². The maximum atomic E-state index is 9.10. The second kappa shape index (κ2) is 9.55. The molecule has 2 saturated heterocycles. The molecule has 1 aromatic heterocycles. The molecule has 0 amide bonds. The Bertz CT molecular complexity index is 1160. The van der Waals surface area contributed by atoms with Crippen molar-refractivity contribution < 1.29 is 19.5 Å². The van der Waals surface area contributed by atoms with Gasteiger partial charge in [0.2, 0.25) is 5.95 Å². The molecule has 33 heavy (non-hydrogen) atoms. The lowest BCUT2D eigenvalue weighted by Crippen LogP contribution is -2.91. The summed E-state index contributed by atoms with van der Waals surface area (Å²) in [5, 5.41) is 14.7. The lowest BCUT2D eigenvalue weighted by Gasteiger charge is -2.17. The minimum absolute atomic E-state index is 0.000880. The molecule has 3 aromatic rings. The van der Waals surface area contributed by atoms with Crippen molar-refractivity contribution in [2.24, 2.45) is 0 Å². The number of hydrogen-bond acceptors (Lipinski definition) is 7. The van der Waals surface area contributed by atoms with Gasteiger partial charge in [0.05, 0.1) is 37.1 Å². The number of rotatable bonds is 7. The quantitative estimate of drug-likeness (QED) is 0.572. The first kappa shape index (κ1) is 21.3. The predicted octanol–water partition coefficient (Wildman–Crippen LogP) is 1.73. The number of nitrogens with zero attached hydrogens (tertiary/aromatic N) is 3. The van der Waals surface area contributed by atoms with Gasteiger partial charge in [-0.25, -0.2) is 9.97 Å². The van der Waals surface area contributed by atoms with E-state index < -0.39 is 0 Å². The van der Waals surface area contributed by atoms with Crippen LogP contribution in [0.1, 0.15) is 11.1 Å². The maximum Gasteiger partial charge on any atom is 0.223 e. The van der Waals surface area contributed by atoms with Crippen LogP contribution in [0.5, 0.6) is 5.75 Å². The van der Waals surface area contributed by atoms with Gasteiger partial charge in [0.25, 0.3) is 0 Å². The maximum absolute atomic E-state index is 9.10. The molecule has 0 bridgehead atoms. The smallest absolute Gasteiger partial charge is 0.223 e. The van der Waals surface area contributed by atoms with Gasteiger partial charge in [-0.1, -0.05) is 24.3 Å². The summed E-state index contributed by atoms with van der Waals surface area (Å²) in [5.74, 6) is 1.31. The minimum atomic E-state index is -0.0600.